The molecule has 0 unspecified atom stereocenters. The van der Waals surface area contributed by atoms with E-state index in [1.807, 2.05) is 29.6 Å². The number of fused-ring (bicyclic) bond motifs is 1. The molecule has 2 aromatic heterocycles. The summed E-state index contributed by atoms with van der Waals surface area (Å²) in [4.78, 5) is 34.5. The molecule has 0 amide bonds. The van der Waals surface area contributed by atoms with Gasteiger partial charge in [-0.3, -0.25) is 9.36 Å². The van der Waals surface area contributed by atoms with Gasteiger partial charge in [0.05, 0.1) is 22.4 Å². The summed E-state index contributed by atoms with van der Waals surface area (Å²) in [6, 6.07) is 8.66. The maximum absolute atomic E-state index is 13.6. The molecular formula is C25H27N3O4S2. The first kappa shape index (κ1) is 24.0. The third-order valence-corrected chi connectivity index (χ3v) is 7.67. The van der Waals surface area contributed by atoms with Crippen molar-refractivity contribution in [3.05, 3.63) is 77.1 Å². The van der Waals surface area contributed by atoms with E-state index in [9.17, 15) is 14.7 Å². The standard InChI is InChI=1S/C25H27N3O4S2/c1-5-27(6-2)17-11-10-16(18(29)14-17)13-20-23(30)28-22(19-9-8-12-33-19)21(24(31)32-7-3)15(4)26-25(28)34-20/h8-14,22,29H,5-7H2,1-4H3/b20-13-/t22-/m1/s1. The highest BCUT2D eigenvalue weighted by atomic mass is 32.1. The van der Waals surface area contributed by atoms with Gasteiger partial charge in [-0.15, -0.1) is 11.3 Å². The largest absolute Gasteiger partial charge is 0.507 e. The van der Waals surface area contributed by atoms with Crippen LogP contribution in [0.25, 0.3) is 6.08 Å². The molecule has 1 aliphatic heterocycles. The van der Waals surface area contributed by atoms with Gasteiger partial charge in [0, 0.05) is 35.3 Å². The molecule has 3 heterocycles. The lowest BCUT2D eigenvalue weighted by Gasteiger charge is -2.23. The van der Waals surface area contributed by atoms with E-state index in [0.29, 0.717) is 26.2 Å². The zero-order valence-electron chi connectivity index (χ0n) is 19.6. The molecule has 0 saturated carbocycles. The van der Waals surface area contributed by atoms with Crippen LogP contribution in [-0.4, -0.2) is 35.3 Å². The Morgan fingerprint density at radius 1 is 1.26 bits per heavy atom. The molecule has 3 aromatic rings. The van der Waals surface area contributed by atoms with E-state index in [1.54, 1.807) is 30.6 Å². The van der Waals surface area contributed by atoms with Gasteiger partial charge in [-0.05, 0) is 57.4 Å². The van der Waals surface area contributed by atoms with Crippen LogP contribution in [0.2, 0.25) is 0 Å². The van der Waals surface area contributed by atoms with Crippen molar-refractivity contribution < 1.29 is 14.6 Å². The lowest BCUT2D eigenvalue weighted by atomic mass is 10.0. The van der Waals surface area contributed by atoms with Gasteiger partial charge in [-0.1, -0.05) is 17.4 Å². The minimum atomic E-state index is -0.601. The number of nitrogens with zero attached hydrogens (tertiary/aromatic N) is 3. The van der Waals surface area contributed by atoms with Crippen molar-refractivity contribution >= 4 is 40.4 Å². The molecule has 0 fully saturated rings. The summed E-state index contributed by atoms with van der Waals surface area (Å²) < 4.78 is 7.29. The highest BCUT2D eigenvalue weighted by Crippen LogP contribution is 2.33. The average Bonchev–Trinajstić information content (AvgIpc) is 3.44. The molecule has 1 atom stereocenters. The summed E-state index contributed by atoms with van der Waals surface area (Å²) in [5.41, 5.74) is 2.12. The normalized spacial score (nSPS) is 15.8. The fraction of sp³-hybridized carbons (Fsp3) is 0.320. The predicted molar refractivity (Wildman–Crippen MR) is 136 cm³/mol. The zero-order chi connectivity index (χ0) is 24.4. The number of benzene rings is 1. The Kier molecular flexibility index (Phi) is 7.04. The van der Waals surface area contributed by atoms with E-state index in [1.165, 1.54) is 22.7 Å². The van der Waals surface area contributed by atoms with Crippen molar-refractivity contribution in [1.29, 1.82) is 0 Å². The first-order valence-electron chi connectivity index (χ1n) is 11.2. The highest BCUT2D eigenvalue weighted by molar-refractivity contribution is 7.10. The number of allylic oxidation sites excluding steroid dienone is 1. The van der Waals surface area contributed by atoms with Crippen LogP contribution in [-0.2, 0) is 9.53 Å². The molecule has 34 heavy (non-hydrogen) atoms. The Balaban J connectivity index is 1.86. The first-order chi connectivity index (χ1) is 16.4. The molecule has 0 radical (unpaired) electrons. The number of esters is 1. The topological polar surface area (TPSA) is 84.1 Å². The number of rotatable bonds is 7. The first-order valence-corrected chi connectivity index (χ1v) is 12.9. The van der Waals surface area contributed by atoms with E-state index < -0.39 is 12.0 Å². The van der Waals surface area contributed by atoms with Crippen LogP contribution in [0.5, 0.6) is 5.75 Å². The van der Waals surface area contributed by atoms with Crippen molar-refractivity contribution in [1.82, 2.24) is 4.57 Å². The average molecular weight is 498 g/mol. The number of aromatic hydroxyl groups is 1. The predicted octanol–water partition coefficient (Wildman–Crippen LogP) is 3.41. The summed E-state index contributed by atoms with van der Waals surface area (Å²) in [5.74, 6) is -0.366. The molecule has 1 aromatic carbocycles. The van der Waals surface area contributed by atoms with Crippen LogP contribution < -0.4 is 19.8 Å². The number of thiazole rings is 1. The van der Waals surface area contributed by atoms with Gasteiger partial charge in [-0.25, -0.2) is 9.79 Å². The molecule has 0 spiro atoms. The Morgan fingerprint density at radius 2 is 2.03 bits per heavy atom. The number of hydrogen-bond acceptors (Lipinski definition) is 8. The Labute approximate surface area is 205 Å². The lowest BCUT2D eigenvalue weighted by molar-refractivity contribution is -0.139. The second-order valence-corrected chi connectivity index (χ2v) is 9.72. The number of carbonyl (C=O) groups excluding carboxylic acids is 1. The van der Waals surface area contributed by atoms with Gasteiger partial charge >= 0.3 is 5.97 Å². The summed E-state index contributed by atoms with van der Waals surface area (Å²) in [6.07, 6.45) is 1.68. The molecule has 4 rings (SSSR count). The van der Waals surface area contributed by atoms with Gasteiger partial charge in [0.1, 0.15) is 11.8 Å². The Morgan fingerprint density at radius 3 is 2.65 bits per heavy atom. The van der Waals surface area contributed by atoms with Crippen molar-refractivity contribution in [2.45, 2.75) is 33.7 Å². The number of carbonyl (C=O) groups is 1. The zero-order valence-corrected chi connectivity index (χ0v) is 21.2. The van der Waals surface area contributed by atoms with Crippen molar-refractivity contribution in [3.8, 4) is 5.75 Å². The van der Waals surface area contributed by atoms with Crippen molar-refractivity contribution in [2.75, 3.05) is 24.6 Å². The number of hydrogen-bond donors (Lipinski definition) is 1. The fourth-order valence-electron chi connectivity index (χ4n) is 4.09. The smallest absolute Gasteiger partial charge is 0.338 e. The van der Waals surface area contributed by atoms with Crippen LogP contribution in [0, 0.1) is 0 Å². The van der Waals surface area contributed by atoms with Crippen LogP contribution in [0.1, 0.15) is 44.2 Å². The van der Waals surface area contributed by atoms with E-state index in [4.69, 9.17) is 4.74 Å². The third kappa shape index (κ3) is 4.33. The van der Waals surface area contributed by atoms with E-state index >= 15 is 0 Å². The second-order valence-electron chi connectivity index (χ2n) is 7.73. The maximum atomic E-state index is 13.6. The number of phenolic OH excluding ortho intramolecular Hbond substituents is 1. The van der Waals surface area contributed by atoms with Crippen LogP contribution in [0.15, 0.2) is 56.8 Å². The van der Waals surface area contributed by atoms with Gasteiger partial charge < -0.3 is 14.7 Å². The number of phenols is 1. The number of anilines is 1. The molecular weight excluding hydrogens is 470 g/mol. The Hall–Kier alpha value is -3.17. The monoisotopic (exact) mass is 497 g/mol. The molecule has 1 N–H and O–H groups in total. The SMILES string of the molecule is CCOC(=O)C1=C(C)N=c2s/c(=C\c3ccc(N(CC)CC)cc3O)c(=O)n2[C@@H]1c1cccs1. The van der Waals surface area contributed by atoms with E-state index in [2.05, 4.69) is 23.7 Å². The third-order valence-electron chi connectivity index (χ3n) is 5.76. The summed E-state index contributed by atoms with van der Waals surface area (Å²) in [7, 11) is 0. The van der Waals surface area contributed by atoms with Crippen LogP contribution in [0.4, 0.5) is 5.69 Å². The molecule has 1 aliphatic rings. The molecule has 0 aliphatic carbocycles. The molecule has 0 saturated heterocycles. The van der Waals surface area contributed by atoms with E-state index in [0.717, 1.165) is 23.7 Å². The maximum Gasteiger partial charge on any atom is 0.338 e. The molecule has 9 heteroatoms. The number of aromatic nitrogens is 1. The molecule has 0 bridgehead atoms. The van der Waals surface area contributed by atoms with Gasteiger partial charge in [0.15, 0.2) is 4.80 Å². The molecule has 178 valence electrons. The fourth-order valence-corrected chi connectivity index (χ4v) is 5.95. The van der Waals surface area contributed by atoms with Crippen LogP contribution >= 0.6 is 22.7 Å². The van der Waals surface area contributed by atoms with Gasteiger partial charge in [-0.2, -0.15) is 0 Å². The van der Waals surface area contributed by atoms with E-state index in [-0.39, 0.29) is 17.9 Å². The minimum Gasteiger partial charge on any atom is -0.507 e. The van der Waals surface area contributed by atoms with Crippen LogP contribution in [0.3, 0.4) is 0 Å². The highest BCUT2D eigenvalue weighted by Gasteiger charge is 2.33. The molecule has 7 nitrogen and oxygen atoms in total. The van der Waals surface area contributed by atoms with Crippen molar-refractivity contribution in [3.63, 3.8) is 0 Å². The Bertz CT molecular complexity index is 1410. The minimum absolute atomic E-state index is 0.105. The van der Waals surface area contributed by atoms with Gasteiger partial charge in [0.2, 0.25) is 0 Å². The lowest BCUT2D eigenvalue weighted by Crippen LogP contribution is -2.39. The van der Waals surface area contributed by atoms with Crippen molar-refractivity contribution in [2.24, 2.45) is 4.99 Å². The second kappa shape index (κ2) is 9.99. The summed E-state index contributed by atoms with van der Waals surface area (Å²) >= 11 is 2.72. The summed E-state index contributed by atoms with van der Waals surface area (Å²) in [6.45, 7) is 9.54. The number of ether oxygens (including phenoxy) is 1. The summed E-state index contributed by atoms with van der Waals surface area (Å²) in [5, 5.41) is 12.6. The number of thiophene rings is 1. The van der Waals surface area contributed by atoms with Gasteiger partial charge in [0.25, 0.3) is 5.56 Å². The quantitative estimate of drug-likeness (QED) is 0.506.